The molecule has 15 heavy (non-hydrogen) atoms. The van der Waals surface area contributed by atoms with Gasteiger partial charge in [0.25, 0.3) is 0 Å². The molecule has 2 atom stereocenters. The molecule has 0 aliphatic rings. The van der Waals surface area contributed by atoms with Crippen molar-refractivity contribution in [2.75, 3.05) is 0 Å². The van der Waals surface area contributed by atoms with E-state index in [2.05, 4.69) is 33.9 Å². The van der Waals surface area contributed by atoms with E-state index in [9.17, 15) is 4.79 Å². The quantitative estimate of drug-likeness (QED) is 0.532. The first kappa shape index (κ1) is 14.8. The predicted octanol–water partition coefficient (Wildman–Crippen LogP) is 3.62. The number of carbonyl (C=O) groups excluding carboxylic acids is 1. The molecule has 0 unspecified atom stereocenters. The minimum Gasteiger partial charge on any atom is -0.414 e. The summed E-state index contributed by atoms with van der Waals surface area (Å²) in [6.07, 6.45) is 1.94. The highest BCUT2D eigenvalue weighted by atomic mass is 28.4. The van der Waals surface area contributed by atoms with Gasteiger partial charge >= 0.3 is 0 Å². The van der Waals surface area contributed by atoms with E-state index >= 15 is 0 Å². The maximum absolute atomic E-state index is 10.8. The van der Waals surface area contributed by atoms with Gasteiger partial charge in [-0.2, -0.15) is 0 Å². The van der Waals surface area contributed by atoms with Crippen molar-refractivity contribution in [3.8, 4) is 0 Å². The van der Waals surface area contributed by atoms with Crippen LogP contribution in [0.25, 0.3) is 0 Å². The first-order valence-corrected chi connectivity index (χ1v) is 8.69. The van der Waals surface area contributed by atoms with Crippen LogP contribution in [0.2, 0.25) is 18.1 Å². The normalized spacial score (nSPS) is 17.3. The molecule has 2 nitrogen and oxygen atoms in total. The van der Waals surface area contributed by atoms with Gasteiger partial charge in [-0.1, -0.05) is 27.7 Å². The average molecular weight is 230 g/mol. The Labute approximate surface area is 95.5 Å². The molecule has 0 amide bonds. The molecule has 0 rings (SSSR count). The molecule has 0 saturated carbocycles. The van der Waals surface area contributed by atoms with Gasteiger partial charge in [-0.25, -0.2) is 0 Å². The summed E-state index contributed by atoms with van der Waals surface area (Å²) in [5.74, 6) is 0.0409. The molecule has 0 N–H and O–H groups in total. The van der Waals surface area contributed by atoms with E-state index in [-0.39, 0.29) is 17.1 Å². The van der Waals surface area contributed by atoms with Gasteiger partial charge in [0.1, 0.15) is 6.29 Å². The highest BCUT2D eigenvalue weighted by molar-refractivity contribution is 6.74. The second-order valence-corrected chi connectivity index (χ2v) is 10.5. The lowest BCUT2D eigenvalue weighted by Gasteiger charge is -2.39. The monoisotopic (exact) mass is 230 g/mol. The summed E-state index contributed by atoms with van der Waals surface area (Å²) in [6.45, 7) is 15.1. The number of hydrogen-bond donors (Lipinski definition) is 0. The fraction of sp³-hybridized carbons (Fsp3) is 0.917. The molecule has 0 aliphatic heterocycles. The number of aldehydes is 1. The minimum atomic E-state index is -1.72. The van der Waals surface area contributed by atoms with E-state index in [0.717, 1.165) is 12.7 Å². The molecule has 0 spiro atoms. The molecule has 0 aliphatic carbocycles. The minimum absolute atomic E-state index is 0.0409. The lowest BCUT2D eigenvalue weighted by Crippen LogP contribution is -2.45. The van der Waals surface area contributed by atoms with Crippen LogP contribution in [-0.4, -0.2) is 20.7 Å². The first-order valence-electron chi connectivity index (χ1n) is 5.78. The Balaban J connectivity index is 4.52. The van der Waals surface area contributed by atoms with Gasteiger partial charge in [0, 0.05) is 5.92 Å². The highest BCUT2D eigenvalue weighted by Gasteiger charge is 2.39. The molecule has 0 saturated heterocycles. The van der Waals surface area contributed by atoms with Crippen molar-refractivity contribution in [3.63, 3.8) is 0 Å². The summed E-state index contributed by atoms with van der Waals surface area (Å²) in [6, 6.07) is 0. The highest BCUT2D eigenvalue weighted by Crippen LogP contribution is 2.38. The lowest BCUT2D eigenvalue weighted by molar-refractivity contribution is -0.113. The van der Waals surface area contributed by atoms with Crippen LogP contribution in [-0.2, 0) is 9.22 Å². The summed E-state index contributed by atoms with van der Waals surface area (Å²) in [4.78, 5) is 10.8. The van der Waals surface area contributed by atoms with Crippen molar-refractivity contribution in [1.82, 2.24) is 0 Å². The third-order valence-corrected chi connectivity index (χ3v) is 8.11. The summed E-state index contributed by atoms with van der Waals surface area (Å²) in [5.41, 5.74) is 0. The molecular formula is C12H26O2Si. The molecule has 0 radical (unpaired) electrons. The summed E-state index contributed by atoms with van der Waals surface area (Å²) >= 11 is 0. The van der Waals surface area contributed by atoms with Gasteiger partial charge in [-0.3, -0.25) is 0 Å². The smallest absolute Gasteiger partial charge is 0.192 e. The summed E-state index contributed by atoms with van der Waals surface area (Å²) in [7, 11) is -1.72. The van der Waals surface area contributed by atoms with Crippen molar-refractivity contribution < 1.29 is 9.22 Å². The second-order valence-electron chi connectivity index (χ2n) is 5.79. The fourth-order valence-corrected chi connectivity index (χ4v) is 2.73. The van der Waals surface area contributed by atoms with Crippen LogP contribution in [0.15, 0.2) is 0 Å². The predicted molar refractivity (Wildman–Crippen MR) is 67.6 cm³/mol. The van der Waals surface area contributed by atoms with Crippen LogP contribution in [0.1, 0.15) is 41.0 Å². The largest absolute Gasteiger partial charge is 0.414 e. The zero-order valence-electron chi connectivity index (χ0n) is 11.3. The van der Waals surface area contributed by atoms with Crippen molar-refractivity contribution in [1.29, 1.82) is 0 Å². The molecule has 0 aromatic rings. The first-order chi connectivity index (χ1) is 6.65. The van der Waals surface area contributed by atoms with E-state index in [1.54, 1.807) is 0 Å². The average Bonchev–Trinajstić information content (AvgIpc) is 2.03. The van der Waals surface area contributed by atoms with Gasteiger partial charge in [0.15, 0.2) is 8.32 Å². The molecule has 90 valence electrons. The van der Waals surface area contributed by atoms with E-state index < -0.39 is 8.32 Å². The lowest BCUT2D eigenvalue weighted by atomic mass is 10.0. The molecule has 0 aromatic carbocycles. The van der Waals surface area contributed by atoms with Gasteiger partial charge in [-0.15, -0.1) is 0 Å². The fourth-order valence-electron chi connectivity index (χ4n) is 1.27. The van der Waals surface area contributed by atoms with E-state index in [1.807, 2.05) is 13.8 Å². The molecule has 0 aromatic heterocycles. The Bertz CT molecular complexity index is 206. The maximum atomic E-state index is 10.8. The SMILES string of the molecule is CC[C@@H](C=O)[C@@H](C)O[Si](C)(C)C(C)(C)C. The van der Waals surface area contributed by atoms with Crippen molar-refractivity contribution in [3.05, 3.63) is 0 Å². The Morgan fingerprint density at radius 2 is 1.80 bits per heavy atom. The van der Waals surface area contributed by atoms with E-state index in [1.165, 1.54) is 0 Å². The van der Waals surface area contributed by atoms with Crippen LogP contribution in [0.5, 0.6) is 0 Å². The zero-order valence-corrected chi connectivity index (χ0v) is 12.3. The van der Waals surface area contributed by atoms with Crippen LogP contribution in [0.3, 0.4) is 0 Å². The Hall–Kier alpha value is -0.153. The Morgan fingerprint density at radius 3 is 2.07 bits per heavy atom. The van der Waals surface area contributed by atoms with Crippen LogP contribution >= 0.6 is 0 Å². The van der Waals surface area contributed by atoms with Crippen LogP contribution in [0.4, 0.5) is 0 Å². The van der Waals surface area contributed by atoms with Gasteiger partial charge < -0.3 is 9.22 Å². The maximum Gasteiger partial charge on any atom is 0.192 e. The zero-order chi connectivity index (χ0) is 12.3. The Kier molecular flexibility index (Phi) is 5.20. The summed E-state index contributed by atoms with van der Waals surface area (Å²) in [5, 5.41) is 0.211. The topological polar surface area (TPSA) is 26.3 Å². The molecule has 0 bridgehead atoms. The number of carbonyl (C=O) groups is 1. The van der Waals surface area contributed by atoms with E-state index in [0.29, 0.717) is 0 Å². The van der Waals surface area contributed by atoms with Crippen LogP contribution in [0, 0.1) is 5.92 Å². The third-order valence-electron chi connectivity index (χ3n) is 3.54. The van der Waals surface area contributed by atoms with Gasteiger partial charge in [-0.05, 0) is 31.5 Å². The van der Waals surface area contributed by atoms with E-state index in [4.69, 9.17) is 4.43 Å². The number of hydrogen-bond acceptors (Lipinski definition) is 2. The molecular weight excluding hydrogens is 204 g/mol. The number of rotatable bonds is 5. The summed E-state index contributed by atoms with van der Waals surface area (Å²) < 4.78 is 6.15. The third kappa shape index (κ3) is 4.07. The van der Waals surface area contributed by atoms with Gasteiger partial charge in [0.2, 0.25) is 0 Å². The molecule has 0 fully saturated rings. The van der Waals surface area contributed by atoms with Gasteiger partial charge in [0.05, 0.1) is 6.10 Å². The van der Waals surface area contributed by atoms with Crippen molar-refractivity contribution in [2.45, 2.75) is 65.3 Å². The molecule has 0 heterocycles. The van der Waals surface area contributed by atoms with Crippen molar-refractivity contribution >= 4 is 14.6 Å². The Morgan fingerprint density at radius 1 is 1.33 bits per heavy atom. The van der Waals surface area contributed by atoms with Crippen molar-refractivity contribution in [2.24, 2.45) is 5.92 Å². The standard InChI is InChI=1S/C12H26O2Si/c1-8-11(9-13)10(2)14-15(6,7)12(3,4)5/h9-11H,8H2,1-7H3/t10-,11+/m1/s1. The van der Waals surface area contributed by atoms with Crippen LogP contribution < -0.4 is 0 Å². The second kappa shape index (κ2) is 5.26. The molecule has 3 heteroatoms.